The van der Waals surface area contributed by atoms with Gasteiger partial charge in [-0.1, -0.05) is 168 Å². The zero-order valence-electron chi connectivity index (χ0n) is 30.5. The van der Waals surface area contributed by atoms with Gasteiger partial charge in [0.05, 0.1) is 19.4 Å². The summed E-state index contributed by atoms with van der Waals surface area (Å²) in [5, 5.41) is 0. The summed E-state index contributed by atoms with van der Waals surface area (Å²) in [6, 6.07) is 0. The second-order valence-electron chi connectivity index (χ2n) is 13.7. The van der Waals surface area contributed by atoms with Gasteiger partial charge >= 0.3 is 7.60 Å². The monoisotopic (exact) mass is 639 g/mol. The van der Waals surface area contributed by atoms with Crippen LogP contribution in [0.4, 0.5) is 0 Å². The number of unbranched alkanes of at least 4 members (excludes halogenated alkanes) is 24. The smallest absolute Gasteiger partial charge is 0.309 e. The fourth-order valence-corrected chi connectivity index (χ4v) is 7.69. The maximum atomic E-state index is 13.3. The Morgan fingerprint density at radius 1 is 0.432 bits per heavy atom. The van der Waals surface area contributed by atoms with Crippen LogP contribution in [0.3, 0.4) is 0 Å². The van der Waals surface area contributed by atoms with Crippen LogP contribution in [-0.4, -0.2) is 19.4 Å². The summed E-state index contributed by atoms with van der Waals surface area (Å²) in [4.78, 5) is 0. The van der Waals surface area contributed by atoms with Gasteiger partial charge in [-0.3, -0.25) is 4.57 Å². The molecule has 0 rings (SSSR count). The molecular weight excluding hydrogens is 559 g/mol. The summed E-state index contributed by atoms with van der Waals surface area (Å²) in [5.74, 6) is 0.320. The number of hydrogen-bond acceptors (Lipinski definition) is 3. The topological polar surface area (TPSA) is 35.5 Å². The van der Waals surface area contributed by atoms with Gasteiger partial charge in [0, 0.05) is 0 Å². The van der Waals surface area contributed by atoms with Crippen molar-refractivity contribution in [1.29, 1.82) is 0 Å². The normalized spacial score (nSPS) is 13.6. The third-order valence-electron chi connectivity index (χ3n) is 8.48. The standard InChI is InChI=1S/C40H79O3P/c1-5-7-9-11-13-15-17-19-21-23-25-27-29-31-33-35-37-42-44(41,39-40(3)4)43-38-36-34-32-30-28-26-24-22-20-18-16-14-12-10-8-6-2/h19-22,40H,5-18,23-39H2,1-4H3. The Morgan fingerprint density at radius 2 is 0.705 bits per heavy atom. The second kappa shape index (κ2) is 35.5. The van der Waals surface area contributed by atoms with Gasteiger partial charge in [-0.25, -0.2) is 0 Å². The lowest BCUT2D eigenvalue weighted by Crippen LogP contribution is -2.07. The van der Waals surface area contributed by atoms with Crippen LogP contribution >= 0.6 is 7.60 Å². The average molecular weight is 639 g/mol. The van der Waals surface area contributed by atoms with Gasteiger partial charge in [0.2, 0.25) is 0 Å². The van der Waals surface area contributed by atoms with Gasteiger partial charge in [-0.05, 0) is 70.1 Å². The zero-order valence-corrected chi connectivity index (χ0v) is 31.4. The first-order valence-corrected chi connectivity index (χ1v) is 21.4. The van der Waals surface area contributed by atoms with Crippen LogP contribution in [-0.2, 0) is 13.6 Å². The van der Waals surface area contributed by atoms with Crippen LogP contribution in [0.25, 0.3) is 0 Å². The Morgan fingerprint density at radius 3 is 1.00 bits per heavy atom. The van der Waals surface area contributed by atoms with Gasteiger partial charge in [-0.2, -0.15) is 0 Å². The van der Waals surface area contributed by atoms with Crippen LogP contribution < -0.4 is 0 Å². The minimum Gasteiger partial charge on any atom is -0.309 e. The molecule has 3 nitrogen and oxygen atoms in total. The Bertz CT molecular complexity index is 609. The molecule has 4 heteroatoms. The van der Waals surface area contributed by atoms with E-state index >= 15 is 0 Å². The third kappa shape index (κ3) is 34.5. The van der Waals surface area contributed by atoms with Crippen molar-refractivity contribution in [3.8, 4) is 0 Å². The Labute approximate surface area is 277 Å². The van der Waals surface area contributed by atoms with Gasteiger partial charge in [0.1, 0.15) is 0 Å². The van der Waals surface area contributed by atoms with Crippen LogP contribution in [0, 0.1) is 5.92 Å². The molecule has 0 aromatic heterocycles. The molecule has 0 aromatic rings. The Hall–Kier alpha value is -0.370. The summed E-state index contributed by atoms with van der Waals surface area (Å²) < 4.78 is 25.1. The lowest BCUT2D eigenvalue weighted by atomic mass is 10.1. The van der Waals surface area contributed by atoms with E-state index in [1.54, 1.807) is 0 Å². The Kier molecular flexibility index (Phi) is 35.2. The maximum Gasteiger partial charge on any atom is 0.330 e. The average Bonchev–Trinajstić information content (AvgIpc) is 3.00. The fourth-order valence-electron chi connectivity index (χ4n) is 5.70. The molecule has 0 aliphatic carbocycles. The molecule has 0 saturated carbocycles. The molecule has 0 spiro atoms. The summed E-state index contributed by atoms with van der Waals surface area (Å²) in [7, 11) is -2.97. The van der Waals surface area contributed by atoms with Crippen molar-refractivity contribution in [1.82, 2.24) is 0 Å². The molecule has 0 bridgehead atoms. The molecule has 0 unspecified atom stereocenters. The zero-order chi connectivity index (χ0) is 32.2. The van der Waals surface area contributed by atoms with E-state index in [1.165, 1.54) is 154 Å². The molecule has 0 aliphatic heterocycles. The number of hydrogen-bond donors (Lipinski definition) is 0. The highest BCUT2D eigenvalue weighted by Gasteiger charge is 2.25. The van der Waals surface area contributed by atoms with E-state index in [1.807, 2.05) is 0 Å². The summed E-state index contributed by atoms with van der Waals surface area (Å²) in [5.41, 5.74) is 0. The van der Waals surface area contributed by atoms with E-state index < -0.39 is 7.60 Å². The molecule has 262 valence electrons. The largest absolute Gasteiger partial charge is 0.330 e. The van der Waals surface area contributed by atoms with Crippen molar-refractivity contribution in [3.05, 3.63) is 24.3 Å². The lowest BCUT2D eigenvalue weighted by molar-refractivity contribution is 0.195. The van der Waals surface area contributed by atoms with E-state index in [4.69, 9.17) is 9.05 Å². The van der Waals surface area contributed by atoms with E-state index in [2.05, 4.69) is 52.0 Å². The molecule has 0 radical (unpaired) electrons. The van der Waals surface area contributed by atoms with Gasteiger partial charge < -0.3 is 9.05 Å². The highest BCUT2D eigenvalue weighted by Crippen LogP contribution is 2.50. The quantitative estimate of drug-likeness (QED) is 0.0389. The SMILES string of the molecule is CCCCCCCCC=CCCCCCCCCOP(=O)(CC(C)C)OCCCCCCCCC=CCCCCCCCC. The number of allylic oxidation sites excluding steroid dienone is 4. The molecule has 0 aromatic carbocycles. The van der Waals surface area contributed by atoms with E-state index in [9.17, 15) is 4.57 Å². The lowest BCUT2D eigenvalue weighted by Gasteiger charge is -2.20. The molecule has 0 saturated heterocycles. The first kappa shape index (κ1) is 43.6. The predicted molar refractivity (Wildman–Crippen MR) is 198 cm³/mol. The molecule has 44 heavy (non-hydrogen) atoms. The first-order chi connectivity index (χ1) is 21.5. The molecular formula is C40H79O3P. The molecule has 0 heterocycles. The fraction of sp³-hybridized carbons (Fsp3) is 0.900. The van der Waals surface area contributed by atoms with Gasteiger partial charge in [0.15, 0.2) is 0 Å². The summed E-state index contributed by atoms with van der Waals surface area (Å²) in [6.07, 6.45) is 46.3. The van der Waals surface area contributed by atoms with Crippen molar-refractivity contribution in [2.75, 3.05) is 19.4 Å². The van der Waals surface area contributed by atoms with Crippen molar-refractivity contribution < 1.29 is 13.6 Å². The van der Waals surface area contributed by atoms with Gasteiger partial charge in [0.25, 0.3) is 0 Å². The van der Waals surface area contributed by atoms with Crippen molar-refractivity contribution in [3.63, 3.8) is 0 Å². The maximum absolute atomic E-state index is 13.3. The first-order valence-electron chi connectivity index (χ1n) is 19.7. The molecule has 0 aliphatic rings. The minimum atomic E-state index is -2.97. The summed E-state index contributed by atoms with van der Waals surface area (Å²) >= 11 is 0. The van der Waals surface area contributed by atoms with Crippen LogP contribution in [0.5, 0.6) is 0 Å². The van der Waals surface area contributed by atoms with Crippen molar-refractivity contribution >= 4 is 7.60 Å². The number of rotatable bonds is 36. The van der Waals surface area contributed by atoms with Crippen LogP contribution in [0.15, 0.2) is 24.3 Å². The molecule has 0 N–H and O–H groups in total. The predicted octanol–water partition coefficient (Wildman–Crippen LogP) is 14.9. The van der Waals surface area contributed by atoms with Gasteiger partial charge in [-0.15, -0.1) is 0 Å². The van der Waals surface area contributed by atoms with Crippen LogP contribution in [0.2, 0.25) is 0 Å². The van der Waals surface area contributed by atoms with E-state index in [0.717, 1.165) is 25.7 Å². The third-order valence-corrected chi connectivity index (χ3v) is 10.8. The van der Waals surface area contributed by atoms with E-state index in [-0.39, 0.29) is 0 Å². The van der Waals surface area contributed by atoms with E-state index in [0.29, 0.717) is 25.3 Å². The molecule has 0 fully saturated rings. The second-order valence-corrected chi connectivity index (χ2v) is 15.8. The Balaban J connectivity index is 3.67. The highest BCUT2D eigenvalue weighted by atomic mass is 31.2. The van der Waals surface area contributed by atoms with Crippen molar-refractivity contribution in [2.45, 2.75) is 207 Å². The van der Waals surface area contributed by atoms with Crippen LogP contribution in [0.1, 0.15) is 207 Å². The summed E-state index contributed by atoms with van der Waals surface area (Å²) in [6.45, 7) is 9.90. The van der Waals surface area contributed by atoms with Crippen molar-refractivity contribution in [2.24, 2.45) is 5.92 Å². The minimum absolute atomic E-state index is 0.320. The molecule has 0 amide bonds. The highest BCUT2D eigenvalue weighted by molar-refractivity contribution is 7.53. The molecule has 0 atom stereocenters.